The molecule has 0 N–H and O–H groups in total. The van der Waals surface area contributed by atoms with Gasteiger partial charge >= 0.3 is 59.1 Å². The second kappa shape index (κ2) is 29.9. The molecule has 0 fully saturated rings. The van der Waals surface area contributed by atoms with Crippen molar-refractivity contribution >= 4 is 11.9 Å². The van der Waals surface area contributed by atoms with Crippen LogP contribution in [-0.2, 0) is 9.59 Å². The van der Waals surface area contributed by atoms with Crippen LogP contribution >= 0.6 is 0 Å². The molecule has 0 rings (SSSR count). The van der Waals surface area contributed by atoms with Crippen LogP contribution in [0.15, 0.2) is 0 Å². The van der Waals surface area contributed by atoms with Gasteiger partial charge in [-0.05, 0) is 25.8 Å². The van der Waals surface area contributed by atoms with Crippen molar-refractivity contribution in [2.75, 3.05) is 19.6 Å². The van der Waals surface area contributed by atoms with E-state index in [-0.39, 0.29) is 72.0 Å². The maximum atomic E-state index is 10.6. The van der Waals surface area contributed by atoms with Crippen LogP contribution in [0.2, 0.25) is 0 Å². The van der Waals surface area contributed by atoms with Crippen molar-refractivity contribution < 1.29 is 78.9 Å². The number of unbranched alkanes of at least 4 members (excludes halogenated alkanes) is 16. The largest absolute Gasteiger partial charge is 1.00 e. The van der Waals surface area contributed by atoms with Gasteiger partial charge in [0.15, 0.2) is 0 Å². The molecular formula is C25H47NNa2O4. The van der Waals surface area contributed by atoms with E-state index in [1.54, 1.807) is 0 Å². The topological polar surface area (TPSA) is 83.5 Å². The van der Waals surface area contributed by atoms with Crippen molar-refractivity contribution in [3.05, 3.63) is 0 Å². The fraction of sp³-hybridized carbons (Fsp3) is 0.920. The van der Waals surface area contributed by atoms with E-state index in [4.69, 9.17) is 0 Å². The van der Waals surface area contributed by atoms with E-state index in [2.05, 4.69) is 6.92 Å². The second-order valence-corrected chi connectivity index (χ2v) is 8.74. The first kappa shape index (κ1) is 37.4. The van der Waals surface area contributed by atoms with Crippen LogP contribution in [-0.4, -0.2) is 36.5 Å². The van der Waals surface area contributed by atoms with Crippen LogP contribution in [0.5, 0.6) is 0 Å². The Labute approximate surface area is 242 Å². The van der Waals surface area contributed by atoms with Gasteiger partial charge in [-0.25, -0.2) is 0 Å². The minimum atomic E-state index is -1.09. The van der Waals surface area contributed by atoms with E-state index in [9.17, 15) is 19.8 Å². The van der Waals surface area contributed by atoms with Gasteiger partial charge < -0.3 is 24.7 Å². The Morgan fingerprint density at radius 1 is 0.500 bits per heavy atom. The molecule has 0 unspecified atom stereocenters. The smallest absolute Gasteiger partial charge is 0.550 e. The third-order valence-electron chi connectivity index (χ3n) is 5.84. The van der Waals surface area contributed by atoms with Gasteiger partial charge in [0.25, 0.3) is 0 Å². The summed E-state index contributed by atoms with van der Waals surface area (Å²) in [5.41, 5.74) is 0. The maximum absolute atomic E-state index is 10.6. The van der Waals surface area contributed by atoms with Gasteiger partial charge in [0, 0.05) is 25.0 Å². The van der Waals surface area contributed by atoms with E-state index < -0.39 is 11.9 Å². The minimum Gasteiger partial charge on any atom is -0.550 e. The summed E-state index contributed by atoms with van der Waals surface area (Å²) in [6.07, 6.45) is 22.4. The predicted molar refractivity (Wildman–Crippen MR) is 120 cm³/mol. The summed E-state index contributed by atoms with van der Waals surface area (Å²) in [7, 11) is 0. The van der Waals surface area contributed by atoms with Crippen LogP contribution in [0.1, 0.15) is 129 Å². The SMILES string of the molecule is CCCCCCCCCCCCCCCCCCCN(CCC(=O)[O-])CCC(=O)[O-].[Na+].[Na+]. The maximum Gasteiger partial charge on any atom is 1.00 e. The number of rotatable bonds is 24. The summed E-state index contributed by atoms with van der Waals surface area (Å²) in [5, 5.41) is 21.2. The molecule has 0 aromatic carbocycles. The van der Waals surface area contributed by atoms with Crippen molar-refractivity contribution in [2.24, 2.45) is 0 Å². The fourth-order valence-electron chi connectivity index (χ4n) is 3.89. The van der Waals surface area contributed by atoms with Crippen LogP contribution in [0.3, 0.4) is 0 Å². The van der Waals surface area contributed by atoms with Crippen LogP contribution in [0, 0.1) is 0 Å². The molecular weight excluding hydrogens is 424 g/mol. The summed E-state index contributed by atoms with van der Waals surface area (Å²) in [4.78, 5) is 23.1. The number of carboxylic acids is 2. The zero-order chi connectivity index (χ0) is 22.3. The number of hydrogen-bond donors (Lipinski definition) is 0. The molecule has 0 radical (unpaired) electrons. The first-order chi connectivity index (χ1) is 14.6. The fourth-order valence-corrected chi connectivity index (χ4v) is 3.89. The van der Waals surface area contributed by atoms with Gasteiger partial charge in [-0.1, -0.05) is 110 Å². The van der Waals surface area contributed by atoms with Crippen molar-refractivity contribution in [3.63, 3.8) is 0 Å². The van der Waals surface area contributed by atoms with Crippen molar-refractivity contribution in [2.45, 2.75) is 129 Å². The summed E-state index contributed by atoms with van der Waals surface area (Å²) in [6.45, 7) is 3.73. The molecule has 0 aromatic rings. The predicted octanol–water partition coefficient (Wildman–Crippen LogP) is -1.77. The number of aliphatic carboxylic acids is 2. The molecule has 7 heteroatoms. The average Bonchev–Trinajstić information content (AvgIpc) is 2.71. The van der Waals surface area contributed by atoms with Crippen LogP contribution in [0.4, 0.5) is 0 Å². The molecule has 0 aliphatic rings. The first-order valence-corrected chi connectivity index (χ1v) is 12.7. The number of nitrogens with zero attached hydrogens (tertiary/aromatic N) is 1. The second-order valence-electron chi connectivity index (χ2n) is 8.74. The summed E-state index contributed by atoms with van der Waals surface area (Å²) < 4.78 is 0. The molecule has 0 bridgehead atoms. The Kier molecular flexibility index (Phi) is 35.0. The third kappa shape index (κ3) is 30.9. The van der Waals surface area contributed by atoms with Gasteiger partial charge in [0.05, 0.1) is 0 Å². The van der Waals surface area contributed by atoms with Gasteiger partial charge in [-0.15, -0.1) is 0 Å². The molecule has 0 atom stereocenters. The van der Waals surface area contributed by atoms with Gasteiger partial charge in [0.1, 0.15) is 0 Å². The monoisotopic (exact) mass is 471 g/mol. The summed E-state index contributed by atoms with van der Waals surface area (Å²) >= 11 is 0. The first-order valence-electron chi connectivity index (χ1n) is 12.7. The quantitative estimate of drug-likeness (QED) is 0.123. The Bertz CT molecular complexity index is 393. The van der Waals surface area contributed by atoms with Crippen LogP contribution < -0.4 is 69.3 Å². The number of carbonyl (C=O) groups excluding carboxylic acids is 2. The third-order valence-corrected chi connectivity index (χ3v) is 5.84. The standard InChI is InChI=1S/C25H49NO4.2Na/c1-2-3-4-5-6-7-8-9-10-11-12-13-14-15-16-17-18-21-26(22-19-24(27)28)23-20-25(29)30;;/h2-23H2,1H3,(H,27,28)(H,29,30);;/q;2*+1/p-2. The molecule has 32 heavy (non-hydrogen) atoms. The Hall–Kier alpha value is 0.900. The molecule has 5 nitrogen and oxygen atoms in total. The molecule has 0 amide bonds. The molecule has 0 saturated heterocycles. The molecule has 0 saturated carbocycles. The molecule has 0 aromatic heterocycles. The van der Waals surface area contributed by atoms with E-state index in [0.29, 0.717) is 13.1 Å². The van der Waals surface area contributed by atoms with Crippen LogP contribution in [0.25, 0.3) is 0 Å². The van der Waals surface area contributed by atoms with Gasteiger partial charge in [-0.3, -0.25) is 0 Å². The zero-order valence-corrected chi connectivity index (χ0v) is 25.6. The Balaban J connectivity index is -0.00000420. The van der Waals surface area contributed by atoms with Gasteiger partial charge in [-0.2, -0.15) is 0 Å². The number of carbonyl (C=O) groups is 2. The molecule has 0 aliphatic carbocycles. The summed E-state index contributed by atoms with van der Waals surface area (Å²) in [5.74, 6) is -2.17. The van der Waals surface area contributed by atoms with Gasteiger partial charge in [0.2, 0.25) is 0 Å². The summed E-state index contributed by atoms with van der Waals surface area (Å²) in [6, 6.07) is 0. The number of carboxylic acid groups (broad SMARTS) is 2. The molecule has 0 heterocycles. The van der Waals surface area contributed by atoms with Crippen molar-refractivity contribution in [1.29, 1.82) is 0 Å². The van der Waals surface area contributed by atoms with Crippen molar-refractivity contribution in [1.82, 2.24) is 4.90 Å². The molecule has 178 valence electrons. The Morgan fingerprint density at radius 3 is 1.06 bits per heavy atom. The van der Waals surface area contributed by atoms with E-state index in [1.807, 2.05) is 4.90 Å². The number of hydrogen-bond acceptors (Lipinski definition) is 5. The average molecular weight is 472 g/mol. The minimum absolute atomic E-state index is 0. The van der Waals surface area contributed by atoms with E-state index in [0.717, 1.165) is 19.4 Å². The van der Waals surface area contributed by atoms with E-state index >= 15 is 0 Å². The zero-order valence-electron chi connectivity index (χ0n) is 21.6. The Morgan fingerprint density at radius 2 is 0.781 bits per heavy atom. The molecule has 0 aliphatic heterocycles. The molecule has 0 spiro atoms. The van der Waals surface area contributed by atoms with Crippen molar-refractivity contribution in [3.8, 4) is 0 Å². The normalized spacial score (nSPS) is 10.6. The van der Waals surface area contributed by atoms with E-state index in [1.165, 1.54) is 96.3 Å².